The number of carbonyl (C=O) groups is 1. The normalized spacial score (nSPS) is 18.7. The molecule has 1 fully saturated rings. The molecule has 0 unspecified atom stereocenters. The first-order valence-corrected chi connectivity index (χ1v) is 11.8. The van der Waals surface area contributed by atoms with E-state index < -0.39 is 6.10 Å². The first-order chi connectivity index (χ1) is 17.0. The first kappa shape index (κ1) is 24.3. The molecule has 0 bridgehead atoms. The number of carbonyl (C=O) groups excluding carboxylic acids is 1. The van der Waals surface area contributed by atoms with Crippen LogP contribution in [-0.4, -0.2) is 56.2 Å². The molecular formula is C26H31N7O2. The van der Waals surface area contributed by atoms with Gasteiger partial charge in [0.05, 0.1) is 17.8 Å². The number of aliphatic hydroxyl groups excluding tert-OH is 1. The second kappa shape index (κ2) is 11.1. The van der Waals surface area contributed by atoms with Gasteiger partial charge in [-0.3, -0.25) is 14.8 Å². The Morgan fingerprint density at radius 3 is 2.80 bits per heavy atom. The molecule has 0 spiro atoms. The third-order valence-corrected chi connectivity index (χ3v) is 6.32. The Morgan fingerprint density at radius 2 is 2.14 bits per heavy atom. The zero-order valence-electron chi connectivity index (χ0n) is 20.1. The number of nitrogens with zero attached hydrogens (tertiary/aromatic N) is 5. The lowest BCUT2D eigenvalue weighted by molar-refractivity contribution is 0.0713. The Hall–Kier alpha value is -3.85. The summed E-state index contributed by atoms with van der Waals surface area (Å²) < 4.78 is 1.66. The Balaban J connectivity index is 1.64. The van der Waals surface area contributed by atoms with Crippen LogP contribution in [0.15, 0.2) is 54.0 Å². The molecule has 0 radical (unpaired) electrons. The number of rotatable bonds is 7. The predicted molar refractivity (Wildman–Crippen MR) is 135 cm³/mol. The highest BCUT2D eigenvalue weighted by Crippen LogP contribution is 2.23. The summed E-state index contributed by atoms with van der Waals surface area (Å²) in [6.45, 7) is 1.97. The maximum absolute atomic E-state index is 13.2. The van der Waals surface area contributed by atoms with E-state index in [4.69, 9.17) is 5.73 Å². The maximum Gasteiger partial charge on any atom is 0.270 e. The number of aliphatic imine (C=N–C) groups is 1. The molecule has 182 valence electrons. The quantitative estimate of drug-likeness (QED) is 0.452. The third-order valence-electron chi connectivity index (χ3n) is 6.32. The lowest BCUT2D eigenvalue weighted by atomic mass is 9.92. The van der Waals surface area contributed by atoms with Gasteiger partial charge >= 0.3 is 0 Å². The van der Waals surface area contributed by atoms with Crippen molar-refractivity contribution in [2.24, 2.45) is 10.7 Å². The van der Waals surface area contributed by atoms with E-state index >= 15 is 0 Å². The van der Waals surface area contributed by atoms with Gasteiger partial charge in [-0.25, -0.2) is 9.67 Å². The molecule has 9 heteroatoms. The number of amides is 1. The molecule has 4 N–H and O–H groups in total. The Kier molecular flexibility index (Phi) is 7.67. The van der Waals surface area contributed by atoms with E-state index in [9.17, 15) is 9.90 Å². The fourth-order valence-electron chi connectivity index (χ4n) is 4.34. The number of hydrogen-bond acceptors (Lipinski definition) is 7. The molecule has 1 aliphatic rings. The van der Waals surface area contributed by atoms with Gasteiger partial charge in [0.2, 0.25) is 0 Å². The zero-order chi connectivity index (χ0) is 24.8. The summed E-state index contributed by atoms with van der Waals surface area (Å²) >= 11 is 0. The van der Waals surface area contributed by atoms with Crippen molar-refractivity contribution >= 4 is 17.7 Å². The molecule has 2 atom stereocenters. The largest absolute Gasteiger partial charge is 0.404 e. The molecule has 0 aromatic carbocycles. The number of pyridine rings is 2. The Morgan fingerprint density at radius 1 is 1.31 bits per heavy atom. The molecule has 3 aromatic rings. The molecule has 3 heterocycles. The molecule has 1 saturated carbocycles. The van der Waals surface area contributed by atoms with Crippen molar-refractivity contribution in [1.82, 2.24) is 25.1 Å². The van der Waals surface area contributed by atoms with E-state index in [2.05, 4.69) is 25.4 Å². The van der Waals surface area contributed by atoms with Crippen molar-refractivity contribution in [3.8, 4) is 5.82 Å². The number of nitrogens with two attached hydrogens (primary N) is 1. The van der Waals surface area contributed by atoms with Gasteiger partial charge in [0.15, 0.2) is 5.82 Å². The highest BCUT2D eigenvalue weighted by atomic mass is 16.3. The topological polar surface area (TPSA) is 131 Å². The van der Waals surface area contributed by atoms with Crippen molar-refractivity contribution in [3.05, 3.63) is 77.1 Å². The van der Waals surface area contributed by atoms with E-state index in [1.54, 1.807) is 36.5 Å². The molecular weight excluding hydrogens is 442 g/mol. The number of nitrogens with one attached hydrogen (secondary N) is 1. The van der Waals surface area contributed by atoms with E-state index in [1.807, 2.05) is 31.2 Å². The first-order valence-electron chi connectivity index (χ1n) is 11.8. The fourth-order valence-corrected chi connectivity index (χ4v) is 4.34. The van der Waals surface area contributed by atoms with Crippen LogP contribution in [0.1, 0.15) is 58.6 Å². The number of allylic oxidation sites excluding steroid dienone is 1. The lowest BCUT2D eigenvalue weighted by Gasteiger charge is -2.28. The summed E-state index contributed by atoms with van der Waals surface area (Å²) in [5.41, 5.74) is 10.3. The summed E-state index contributed by atoms with van der Waals surface area (Å²) in [7, 11) is 1.68. The van der Waals surface area contributed by atoms with Crippen LogP contribution in [0.25, 0.3) is 11.4 Å². The van der Waals surface area contributed by atoms with Crippen LogP contribution >= 0.6 is 0 Å². The van der Waals surface area contributed by atoms with Crippen LogP contribution < -0.4 is 11.1 Å². The fraction of sp³-hybridized carbons (Fsp3) is 0.346. The predicted octanol–water partition coefficient (Wildman–Crippen LogP) is 2.60. The van der Waals surface area contributed by atoms with Crippen LogP contribution in [0.2, 0.25) is 0 Å². The van der Waals surface area contributed by atoms with Crippen LogP contribution in [0.4, 0.5) is 0 Å². The minimum atomic E-state index is -0.530. The van der Waals surface area contributed by atoms with Gasteiger partial charge in [0, 0.05) is 43.6 Å². The van der Waals surface area contributed by atoms with Crippen molar-refractivity contribution < 1.29 is 9.90 Å². The van der Waals surface area contributed by atoms with Gasteiger partial charge < -0.3 is 16.2 Å². The van der Waals surface area contributed by atoms with Crippen LogP contribution in [0.5, 0.6) is 0 Å². The van der Waals surface area contributed by atoms with E-state index in [0.717, 1.165) is 47.2 Å². The summed E-state index contributed by atoms with van der Waals surface area (Å²) in [5.74, 6) is 0.301. The van der Waals surface area contributed by atoms with Gasteiger partial charge in [-0.05, 0) is 61.1 Å². The Labute approximate surface area is 204 Å². The number of hydrogen-bond donors (Lipinski definition) is 3. The summed E-state index contributed by atoms with van der Waals surface area (Å²) in [5, 5.41) is 17.6. The molecule has 9 nitrogen and oxygen atoms in total. The van der Waals surface area contributed by atoms with Gasteiger partial charge in [-0.2, -0.15) is 5.10 Å². The summed E-state index contributed by atoms with van der Waals surface area (Å²) in [4.78, 5) is 26.3. The SMILES string of the molecule is CN=C/C(=C\N)c1ccc(Cc2cc(C(=O)N[C@H]3CCCC[C@@H]3O)nc(-n3cccn3)c2C)cn1. The highest BCUT2D eigenvalue weighted by molar-refractivity contribution is 6.08. The van der Waals surface area contributed by atoms with Gasteiger partial charge in [-0.1, -0.05) is 18.9 Å². The van der Waals surface area contributed by atoms with E-state index in [1.165, 1.54) is 6.20 Å². The number of aromatic nitrogens is 4. The minimum Gasteiger partial charge on any atom is -0.404 e. The molecule has 3 aromatic heterocycles. The minimum absolute atomic E-state index is 0.260. The molecule has 1 aliphatic carbocycles. The third kappa shape index (κ3) is 5.63. The lowest BCUT2D eigenvalue weighted by Crippen LogP contribution is -2.45. The summed E-state index contributed by atoms with van der Waals surface area (Å²) in [6.07, 6.45) is 11.9. The van der Waals surface area contributed by atoms with Gasteiger partial charge in [-0.15, -0.1) is 0 Å². The highest BCUT2D eigenvalue weighted by Gasteiger charge is 2.26. The van der Waals surface area contributed by atoms with Crippen molar-refractivity contribution in [3.63, 3.8) is 0 Å². The second-order valence-corrected chi connectivity index (χ2v) is 8.74. The maximum atomic E-state index is 13.2. The molecule has 35 heavy (non-hydrogen) atoms. The van der Waals surface area contributed by atoms with Crippen LogP contribution in [0, 0.1) is 6.92 Å². The summed E-state index contributed by atoms with van der Waals surface area (Å²) in [6, 6.07) is 7.26. The standard InChI is InChI=1S/C26H31N7O2/c1-17-19(12-18-8-9-21(29-15-18)20(14-27)16-28-2)13-23(31-25(17)33-11-5-10-30-33)26(35)32-22-6-3-4-7-24(22)34/h5,8-11,13-16,22,24,34H,3-4,6-7,12,27H2,1-2H3,(H,32,35)/b20-14+,28-16?/t22-,24-/m0/s1. The molecule has 0 aliphatic heterocycles. The van der Waals surface area contributed by atoms with Crippen molar-refractivity contribution in [1.29, 1.82) is 0 Å². The number of aliphatic hydroxyl groups is 1. The average Bonchev–Trinajstić information content (AvgIpc) is 3.40. The van der Waals surface area contributed by atoms with Crippen LogP contribution in [-0.2, 0) is 6.42 Å². The van der Waals surface area contributed by atoms with Crippen molar-refractivity contribution in [2.45, 2.75) is 51.2 Å². The monoisotopic (exact) mass is 473 g/mol. The van der Waals surface area contributed by atoms with Gasteiger partial charge in [0.25, 0.3) is 5.91 Å². The van der Waals surface area contributed by atoms with Gasteiger partial charge in [0.1, 0.15) is 5.69 Å². The smallest absolute Gasteiger partial charge is 0.270 e. The van der Waals surface area contributed by atoms with Crippen LogP contribution in [0.3, 0.4) is 0 Å². The zero-order valence-corrected chi connectivity index (χ0v) is 20.1. The second-order valence-electron chi connectivity index (χ2n) is 8.74. The van der Waals surface area contributed by atoms with Crippen molar-refractivity contribution in [2.75, 3.05) is 7.05 Å². The average molecular weight is 474 g/mol. The van der Waals surface area contributed by atoms with E-state index in [-0.39, 0.29) is 11.9 Å². The molecule has 4 rings (SSSR count). The van der Waals surface area contributed by atoms with E-state index in [0.29, 0.717) is 24.4 Å². The molecule has 0 saturated heterocycles. The Bertz CT molecular complexity index is 1220. The molecule has 1 amide bonds.